The number of nitrogens with zero attached hydrogens (tertiary/aromatic N) is 2. The molecule has 0 aliphatic carbocycles. The van der Waals surface area contributed by atoms with Gasteiger partial charge >= 0.3 is 5.69 Å². The van der Waals surface area contributed by atoms with Gasteiger partial charge in [-0.05, 0) is 33.3 Å². The predicted molar refractivity (Wildman–Crippen MR) is 83.1 cm³/mol. The van der Waals surface area contributed by atoms with Gasteiger partial charge in [0, 0.05) is 30.9 Å². The zero-order valence-corrected chi connectivity index (χ0v) is 13.1. The van der Waals surface area contributed by atoms with Crippen LogP contribution in [0.25, 0.3) is 0 Å². The molecule has 0 heterocycles. The minimum Gasteiger partial charge on any atom is -0.487 e. The maximum absolute atomic E-state index is 11.0. The maximum Gasteiger partial charge on any atom is 0.311 e. The molecule has 0 aliphatic rings. The van der Waals surface area contributed by atoms with Gasteiger partial charge in [-0.25, -0.2) is 0 Å². The smallest absolute Gasteiger partial charge is 0.311 e. The van der Waals surface area contributed by atoms with Crippen LogP contribution < -0.4 is 9.64 Å². The van der Waals surface area contributed by atoms with Crippen molar-refractivity contribution in [2.75, 3.05) is 24.6 Å². The molecule has 0 saturated heterocycles. The van der Waals surface area contributed by atoms with Crippen LogP contribution in [0.2, 0.25) is 0 Å². The molecule has 0 aromatic heterocycles. The largest absolute Gasteiger partial charge is 0.487 e. The van der Waals surface area contributed by atoms with Crippen LogP contribution in [0.15, 0.2) is 18.2 Å². The van der Waals surface area contributed by atoms with E-state index in [-0.39, 0.29) is 11.4 Å². The van der Waals surface area contributed by atoms with E-state index in [1.807, 2.05) is 18.7 Å². The lowest BCUT2D eigenvalue weighted by molar-refractivity contribution is -0.385. The van der Waals surface area contributed by atoms with Crippen molar-refractivity contribution < 1.29 is 14.8 Å². The van der Waals surface area contributed by atoms with Gasteiger partial charge in [0.1, 0.15) is 0 Å². The van der Waals surface area contributed by atoms with Gasteiger partial charge in [0.15, 0.2) is 5.75 Å². The maximum atomic E-state index is 11.0. The number of nitro benzene ring substituents is 1. The van der Waals surface area contributed by atoms with Crippen LogP contribution in [0.5, 0.6) is 5.75 Å². The number of ether oxygens (including phenoxy) is 1. The van der Waals surface area contributed by atoms with Crippen molar-refractivity contribution in [1.82, 2.24) is 0 Å². The molecule has 1 rings (SSSR count). The monoisotopic (exact) mass is 296 g/mol. The summed E-state index contributed by atoms with van der Waals surface area (Å²) in [5.41, 5.74) is -0.0785. The van der Waals surface area contributed by atoms with Gasteiger partial charge in [-0.1, -0.05) is 6.92 Å². The van der Waals surface area contributed by atoms with Gasteiger partial charge in [0.25, 0.3) is 0 Å². The minimum absolute atomic E-state index is 0.0356. The van der Waals surface area contributed by atoms with Crippen LogP contribution in [-0.2, 0) is 0 Å². The van der Waals surface area contributed by atoms with Crippen molar-refractivity contribution in [3.05, 3.63) is 28.3 Å². The standard InChI is InChI=1S/C15H24N2O4/c1-5-9-21-14-10-12(7-8-13(14)17(19)20)16(6-2)11-15(3,4)18/h7-8,10,18H,5-6,9,11H2,1-4H3. The summed E-state index contributed by atoms with van der Waals surface area (Å²) < 4.78 is 5.48. The van der Waals surface area contributed by atoms with E-state index in [1.165, 1.54) is 6.07 Å². The number of hydrogen-bond acceptors (Lipinski definition) is 5. The van der Waals surface area contributed by atoms with Crippen LogP contribution in [0.4, 0.5) is 11.4 Å². The van der Waals surface area contributed by atoms with Crippen molar-refractivity contribution in [1.29, 1.82) is 0 Å². The zero-order valence-electron chi connectivity index (χ0n) is 13.1. The lowest BCUT2D eigenvalue weighted by atomic mass is 10.1. The number of hydrogen-bond donors (Lipinski definition) is 1. The van der Waals surface area contributed by atoms with Crippen LogP contribution in [0, 0.1) is 10.1 Å². The fourth-order valence-corrected chi connectivity index (χ4v) is 2.03. The van der Waals surface area contributed by atoms with Gasteiger partial charge in [-0.3, -0.25) is 10.1 Å². The number of nitro groups is 1. The molecule has 6 nitrogen and oxygen atoms in total. The Bertz CT molecular complexity index is 483. The average Bonchev–Trinajstić information content (AvgIpc) is 2.41. The van der Waals surface area contributed by atoms with E-state index in [1.54, 1.807) is 26.0 Å². The van der Waals surface area contributed by atoms with Crippen LogP contribution in [0.1, 0.15) is 34.1 Å². The average molecular weight is 296 g/mol. The Kier molecular flexibility index (Phi) is 5.96. The molecule has 21 heavy (non-hydrogen) atoms. The molecule has 118 valence electrons. The van der Waals surface area contributed by atoms with Crippen LogP contribution >= 0.6 is 0 Å². The molecular weight excluding hydrogens is 272 g/mol. The topological polar surface area (TPSA) is 75.8 Å². The van der Waals surface area contributed by atoms with E-state index in [0.717, 1.165) is 12.1 Å². The lowest BCUT2D eigenvalue weighted by Crippen LogP contribution is -2.38. The molecule has 0 radical (unpaired) electrons. The van der Waals surface area contributed by atoms with E-state index < -0.39 is 10.5 Å². The molecule has 0 aliphatic heterocycles. The van der Waals surface area contributed by atoms with Gasteiger partial charge in [0.05, 0.1) is 17.1 Å². The van der Waals surface area contributed by atoms with Crippen molar-refractivity contribution in [2.45, 2.75) is 39.7 Å². The van der Waals surface area contributed by atoms with E-state index in [0.29, 0.717) is 19.7 Å². The summed E-state index contributed by atoms with van der Waals surface area (Å²) in [6.45, 7) is 8.94. The Morgan fingerprint density at radius 2 is 2.05 bits per heavy atom. The Morgan fingerprint density at radius 1 is 1.38 bits per heavy atom. The molecule has 0 saturated carbocycles. The zero-order chi connectivity index (χ0) is 16.0. The molecule has 0 atom stereocenters. The second-order valence-electron chi connectivity index (χ2n) is 5.58. The van der Waals surface area contributed by atoms with Crippen LogP contribution in [-0.4, -0.2) is 35.3 Å². The Labute approximate surface area is 125 Å². The van der Waals surface area contributed by atoms with E-state index >= 15 is 0 Å². The third-order valence-electron chi connectivity index (χ3n) is 2.93. The highest BCUT2D eigenvalue weighted by atomic mass is 16.6. The normalized spacial score (nSPS) is 11.3. The van der Waals surface area contributed by atoms with Gasteiger partial charge in [0.2, 0.25) is 0 Å². The SMILES string of the molecule is CCCOc1cc(N(CC)CC(C)(C)O)ccc1[N+](=O)[O-]. The minimum atomic E-state index is -0.845. The van der Waals surface area contributed by atoms with E-state index in [9.17, 15) is 15.2 Å². The molecular formula is C15H24N2O4. The predicted octanol–water partition coefficient (Wildman–Crippen LogP) is 2.98. The highest BCUT2D eigenvalue weighted by Gasteiger charge is 2.21. The first-order chi connectivity index (χ1) is 9.78. The molecule has 0 unspecified atom stereocenters. The summed E-state index contributed by atoms with van der Waals surface area (Å²) in [6.07, 6.45) is 0.780. The second-order valence-corrected chi connectivity index (χ2v) is 5.58. The molecule has 0 fully saturated rings. The molecule has 1 aromatic carbocycles. The summed E-state index contributed by atoms with van der Waals surface area (Å²) in [4.78, 5) is 12.6. The Hall–Kier alpha value is -1.82. The summed E-state index contributed by atoms with van der Waals surface area (Å²) in [5, 5.41) is 21.0. The fourth-order valence-electron chi connectivity index (χ4n) is 2.03. The Balaban J connectivity index is 3.09. The van der Waals surface area contributed by atoms with Crippen LogP contribution in [0.3, 0.4) is 0 Å². The van der Waals surface area contributed by atoms with E-state index in [4.69, 9.17) is 4.74 Å². The molecule has 6 heteroatoms. The quantitative estimate of drug-likeness (QED) is 0.589. The molecule has 0 spiro atoms. The first kappa shape index (κ1) is 17.2. The third-order valence-corrected chi connectivity index (χ3v) is 2.93. The third kappa shape index (κ3) is 5.23. The molecule has 0 amide bonds. The Morgan fingerprint density at radius 3 is 2.52 bits per heavy atom. The van der Waals surface area contributed by atoms with Gasteiger partial charge in [-0.15, -0.1) is 0 Å². The molecule has 1 N–H and O–H groups in total. The first-order valence-electron chi connectivity index (χ1n) is 7.17. The second kappa shape index (κ2) is 7.26. The van der Waals surface area contributed by atoms with Gasteiger partial charge < -0.3 is 14.7 Å². The molecule has 0 bridgehead atoms. The lowest BCUT2D eigenvalue weighted by Gasteiger charge is -2.30. The number of aliphatic hydroxyl groups is 1. The number of anilines is 1. The fraction of sp³-hybridized carbons (Fsp3) is 0.600. The summed E-state index contributed by atoms with van der Waals surface area (Å²) in [6, 6.07) is 4.81. The summed E-state index contributed by atoms with van der Waals surface area (Å²) >= 11 is 0. The van der Waals surface area contributed by atoms with Crippen molar-refractivity contribution in [3.63, 3.8) is 0 Å². The number of rotatable bonds is 8. The highest BCUT2D eigenvalue weighted by Crippen LogP contribution is 2.32. The van der Waals surface area contributed by atoms with Crippen molar-refractivity contribution in [2.24, 2.45) is 0 Å². The van der Waals surface area contributed by atoms with E-state index in [2.05, 4.69) is 0 Å². The van der Waals surface area contributed by atoms with Crippen molar-refractivity contribution in [3.8, 4) is 5.75 Å². The summed E-state index contributed by atoms with van der Waals surface area (Å²) in [5.74, 6) is 0.272. The number of likely N-dealkylation sites (N-methyl/N-ethyl adjacent to an activating group) is 1. The first-order valence-corrected chi connectivity index (χ1v) is 7.17. The molecule has 1 aromatic rings. The highest BCUT2D eigenvalue weighted by molar-refractivity contribution is 5.59. The summed E-state index contributed by atoms with van der Waals surface area (Å²) in [7, 11) is 0. The van der Waals surface area contributed by atoms with Crippen molar-refractivity contribution >= 4 is 11.4 Å². The van der Waals surface area contributed by atoms with Gasteiger partial charge in [-0.2, -0.15) is 0 Å². The number of benzene rings is 1.